The van der Waals surface area contributed by atoms with Gasteiger partial charge in [0, 0.05) is 0 Å². The molecule has 0 aliphatic carbocycles. The third-order valence-electron chi connectivity index (χ3n) is 5.11. The Hall–Kier alpha value is -2.56. The average Bonchev–Trinajstić information content (AvgIpc) is 2.80. The molecule has 3 aromatic carbocycles. The van der Waals surface area contributed by atoms with E-state index >= 15 is 0 Å². The molecule has 0 aromatic heterocycles. The summed E-state index contributed by atoms with van der Waals surface area (Å²) in [6.07, 6.45) is 7.40. The maximum atomic E-state index is 12.9. The summed E-state index contributed by atoms with van der Waals surface area (Å²) in [5.74, 6) is 0.0877. The van der Waals surface area contributed by atoms with Crippen molar-refractivity contribution < 1.29 is 27.0 Å². The van der Waals surface area contributed by atoms with Crippen LogP contribution in [0.25, 0.3) is 0 Å². The van der Waals surface area contributed by atoms with Crippen LogP contribution in [0.15, 0.2) is 72.8 Å². The Bertz CT molecular complexity index is 990. The molecule has 0 spiro atoms. The summed E-state index contributed by atoms with van der Waals surface area (Å²) in [6, 6.07) is 22.2. The van der Waals surface area contributed by atoms with Crippen molar-refractivity contribution in [2.75, 3.05) is 0 Å². The summed E-state index contributed by atoms with van der Waals surface area (Å²) in [5, 5.41) is 0. The first kappa shape index (κ1) is 23.1. The van der Waals surface area contributed by atoms with Gasteiger partial charge in [-0.25, -0.2) is 0 Å². The number of unbranched alkanes of at least 4 members (excludes halogenated alkanes) is 4. The van der Waals surface area contributed by atoms with Gasteiger partial charge in [-0.3, -0.25) is 0 Å². The van der Waals surface area contributed by atoms with Crippen LogP contribution < -0.4 is 13.7 Å². The van der Waals surface area contributed by atoms with Crippen molar-refractivity contribution in [3.8, 4) is 5.75 Å². The molecular formula is C27H30CoO3. The molecule has 3 aromatic rings. The molecule has 3 rings (SSSR count). The molecule has 0 fully saturated rings. The van der Waals surface area contributed by atoms with Crippen LogP contribution in [0.2, 0.25) is 0 Å². The summed E-state index contributed by atoms with van der Waals surface area (Å²) in [7, 11) is 0. The van der Waals surface area contributed by atoms with Crippen LogP contribution in [0.4, 0.5) is 0 Å². The predicted molar refractivity (Wildman–Crippen MR) is 121 cm³/mol. The number of rotatable bonds is 10. The van der Waals surface area contributed by atoms with E-state index in [1.54, 1.807) is 36.4 Å². The summed E-state index contributed by atoms with van der Waals surface area (Å²) in [5.41, 5.74) is 2.83. The molecule has 0 saturated carbocycles. The van der Waals surface area contributed by atoms with Gasteiger partial charge in [-0.2, -0.15) is 0 Å². The first-order valence-corrected chi connectivity index (χ1v) is 12.3. The number of hydrogen-bond donors (Lipinski definition) is 0. The second kappa shape index (κ2) is 11.7. The zero-order valence-corrected chi connectivity index (χ0v) is 19.3. The second-order valence-electron chi connectivity index (χ2n) is 7.67. The maximum absolute atomic E-state index is 12.9. The van der Waals surface area contributed by atoms with Crippen molar-refractivity contribution in [1.29, 1.82) is 0 Å². The van der Waals surface area contributed by atoms with Crippen molar-refractivity contribution in [2.24, 2.45) is 0 Å². The molecule has 0 unspecified atom stereocenters. The van der Waals surface area contributed by atoms with E-state index in [1.165, 1.54) is 37.7 Å². The Morgan fingerprint density at radius 2 is 1.35 bits per heavy atom. The normalized spacial score (nSPS) is 11.2. The van der Waals surface area contributed by atoms with Gasteiger partial charge in [0.2, 0.25) is 0 Å². The molecule has 0 aliphatic rings. The number of hydrogen-bond acceptors (Lipinski definition) is 3. The van der Waals surface area contributed by atoms with Crippen LogP contribution in [0.1, 0.15) is 60.5 Å². The molecule has 0 aliphatic heterocycles. The van der Waals surface area contributed by atoms with Crippen molar-refractivity contribution >= 4 is 15.0 Å². The third-order valence-corrected chi connectivity index (χ3v) is 6.90. The third kappa shape index (κ3) is 6.98. The van der Waals surface area contributed by atoms with Crippen LogP contribution in [-0.2, 0) is 23.9 Å². The van der Waals surface area contributed by atoms with E-state index < -0.39 is 19.6 Å². The van der Waals surface area contributed by atoms with Gasteiger partial charge in [0.25, 0.3) is 0 Å². The van der Waals surface area contributed by atoms with Crippen molar-refractivity contribution in [1.82, 2.24) is 0 Å². The Morgan fingerprint density at radius 1 is 0.774 bits per heavy atom. The van der Waals surface area contributed by atoms with Crippen LogP contribution in [0.5, 0.6) is 5.75 Å². The van der Waals surface area contributed by atoms with Gasteiger partial charge in [0.15, 0.2) is 0 Å². The molecule has 0 bridgehead atoms. The molecule has 0 atom stereocenters. The topological polar surface area (TPSA) is 43.4 Å². The SMILES string of the molecule is CCCCCCCc1cc[c]([Co](=[O])[c]2ccc(C(=O)Oc3ccc(C)cc3)cc2)cc1. The Labute approximate surface area is 189 Å². The van der Waals surface area contributed by atoms with Gasteiger partial charge in [-0.15, -0.1) is 0 Å². The summed E-state index contributed by atoms with van der Waals surface area (Å²) in [4.78, 5) is 12.3. The van der Waals surface area contributed by atoms with Gasteiger partial charge in [0.05, 0.1) is 0 Å². The van der Waals surface area contributed by atoms with E-state index in [0.717, 1.165) is 16.5 Å². The summed E-state index contributed by atoms with van der Waals surface area (Å²) < 4.78 is 19.8. The van der Waals surface area contributed by atoms with Crippen LogP contribution >= 0.6 is 0 Å². The fraction of sp³-hybridized carbons (Fsp3) is 0.296. The minimum absolute atomic E-state index is 0.423. The number of ether oxygens (including phenoxy) is 1. The standard InChI is InChI=1S/C14H11O2.C13H19.Co.O/c1-11-7-9-13(10-8-11)16-14(15)12-5-3-2-4-6-12;1-2-3-4-5-7-10-13-11-8-6-9-12-13;;/h3-10H,1H3;8-9,11-12H,2-5,7,10H2,1H3;;. The van der Waals surface area contributed by atoms with Gasteiger partial charge in [-0.05, 0) is 0 Å². The van der Waals surface area contributed by atoms with Crippen molar-refractivity contribution in [2.45, 2.75) is 52.4 Å². The molecule has 0 N–H and O–H groups in total. The molecule has 0 amide bonds. The van der Waals surface area contributed by atoms with Crippen LogP contribution in [0, 0.1) is 6.92 Å². The van der Waals surface area contributed by atoms with Gasteiger partial charge in [-0.1, -0.05) is 0 Å². The molecule has 165 valence electrons. The van der Waals surface area contributed by atoms with Gasteiger partial charge in [0.1, 0.15) is 0 Å². The first-order chi connectivity index (χ1) is 15.1. The zero-order valence-electron chi connectivity index (χ0n) is 18.2. The van der Waals surface area contributed by atoms with Crippen LogP contribution in [-0.4, -0.2) is 5.97 Å². The fourth-order valence-electron chi connectivity index (χ4n) is 3.24. The monoisotopic (exact) mass is 461 g/mol. The zero-order chi connectivity index (χ0) is 22.1. The molecule has 3 nitrogen and oxygen atoms in total. The predicted octanol–water partition coefficient (Wildman–Crippen LogP) is 5.64. The second-order valence-corrected chi connectivity index (χ2v) is 9.56. The van der Waals surface area contributed by atoms with E-state index in [9.17, 15) is 8.66 Å². The van der Waals surface area contributed by atoms with E-state index in [4.69, 9.17) is 4.74 Å². The Kier molecular flexibility index (Phi) is 8.74. The van der Waals surface area contributed by atoms with E-state index in [-0.39, 0.29) is 0 Å². The minimum atomic E-state index is -1.66. The summed E-state index contributed by atoms with van der Waals surface area (Å²) in [6.45, 7) is 4.21. The number of carbonyl (C=O) groups excluding carboxylic acids is 1. The number of aryl methyl sites for hydroxylation is 2. The summed E-state index contributed by atoms with van der Waals surface area (Å²) >= 11 is -1.66. The van der Waals surface area contributed by atoms with Crippen molar-refractivity contribution in [3.63, 3.8) is 0 Å². The Balaban J connectivity index is 1.57. The van der Waals surface area contributed by atoms with Gasteiger partial charge < -0.3 is 0 Å². The number of carbonyl (C=O) groups is 1. The molecule has 0 radical (unpaired) electrons. The van der Waals surface area contributed by atoms with Crippen LogP contribution in [0.3, 0.4) is 0 Å². The quantitative estimate of drug-likeness (QED) is 0.223. The molecular weight excluding hydrogens is 431 g/mol. The van der Waals surface area contributed by atoms with E-state index in [1.807, 2.05) is 31.2 Å². The van der Waals surface area contributed by atoms with E-state index in [0.29, 0.717) is 15.8 Å². The fourth-order valence-corrected chi connectivity index (χ4v) is 4.56. The molecule has 31 heavy (non-hydrogen) atoms. The number of esters is 1. The van der Waals surface area contributed by atoms with Crippen molar-refractivity contribution in [3.05, 3.63) is 89.5 Å². The van der Waals surface area contributed by atoms with E-state index in [2.05, 4.69) is 19.1 Å². The Morgan fingerprint density at radius 3 is 1.97 bits per heavy atom. The average molecular weight is 461 g/mol. The molecule has 4 heteroatoms. The number of benzene rings is 3. The first-order valence-electron chi connectivity index (χ1n) is 10.9. The molecule has 0 saturated heterocycles. The van der Waals surface area contributed by atoms with Gasteiger partial charge >= 0.3 is 190 Å². The molecule has 0 heterocycles.